The lowest BCUT2D eigenvalue weighted by atomic mass is 9.99. The van der Waals surface area contributed by atoms with Crippen molar-refractivity contribution in [3.63, 3.8) is 0 Å². The number of hydrogen-bond donors (Lipinski definition) is 1. The van der Waals surface area contributed by atoms with Crippen LogP contribution in [-0.4, -0.2) is 51.7 Å². The van der Waals surface area contributed by atoms with Crippen LogP contribution in [0.5, 0.6) is 0 Å². The van der Waals surface area contributed by atoms with Gasteiger partial charge in [0.25, 0.3) is 0 Å². The van der Waals surface area contributed by atoms with Gasteiger partial charge in [0.1, 0.15) is 17.9 Å². The predicted octanol–water partition coefficient (Wildman–Crippen LogP) is 1.65. The fraction of sp³-hybridized carbons (Fsp3) is 0.750. The van der Waals surface area contributed by atoms with E-state index in [1.807, 2.05) is 0 Å². The molecule has 1 aliphatic heterocycles. The summed E-state index contributed by atoms with van der Waals surface area (Å²) in [6.45, 7) is 9.41. The molecule has 1 aliphatic rings. The molecule has 0 saturated carbocycles. The zero-order chi connectivity index (χ0) is 17.7. The summed E-state index contributed by atoms with van der Waals surface area (Å²) in [5, 5.41) is 17.9. The molecule has 0 aromatic carbocycles. The van der Waals surface area contributed by atoms with Crippen molar-refractivity contribution in [2.24, 2.45) is 5.92 Å². The van der Waals surface area contributed by atoms with E-state index in [9.17, 15) is 14.9 Å². The molecule has 1 saturated heterocycles. The van der Waals surface area contributed by atoms with Gasteiger partial charge in [0.15, 0.2) is 0 Å². The summed E-state index contributed by atoms with van der Waals surface area (Å²) in [6.07, 6.45) is 3.42. The number of carbonyl (C=O) groups is 1. The van der Waals surface area contributed by atoms with Crippen molar-refractivity contribution in [3.8, 4) is 0 Å². The molecule has 0 spiro atoms. The van der Waals surface area contributed by atoms with E-state index in [-0.39, 0.29) is 18.1 Å². The van der Waals surface area contributed by atoms with E-state index in [1.165, 1.54) is 17.5 Å². The summed E-state index contributed by atoms with van der Waals surface area (Å²) in [4.78, 5) is 25.0. The number of aromatic nitrogens is 2. The number of carbonyl (C=O) groups excluding carboxylic acids is 1. The van der Waals surface area contributed by atoms with E-state index in [0.717, 1.165) is 32.0 Å². The lowest BCUT2D eigenvalue weighted by molar-refractivity contribution is -0.386. The first kappa shape index (κ1) is 18.4. The Kier molecular flexibility index (Phi) is 6.30. The van der Waals surface area contributed by atoms with Crippen LogP contribution in [0, 0.1) is 29.9 Å². The average molecular weight is 337 g/mol. The highest BCUT2D eigenvalue weighted by molar-refractivity contribution is 5.75. The van der Waals surface area contributed by atoms with Crippen molar-refractivity contribution >= 4 is 11.6 Å². The third-order valence-corrected chi connectivity index (χ3v) is 4.67. The van der Waals surface area contributed by atoms with Crippen LogP contribution in [0.25, 0.3) is 0 Å². The topological polar surface area (TPSA) is 93.3 Å². The van der Waals surface area contributed by atoms with Crippen molar-refractivity contribution in [1.82, 2.24) is 20.0 Å². The van der Waals surface area contributed by atoms with Crippen LogP contribution < -0.4 is 5.32 Å². The molecule has 0 unspecified atom stereocenters. The normalized spacial score (nSPS) is 16.3. The molecule has 1 N–H and O–H groups in total. The maximum Gasteiger partial charge on any atom is 0.312 e. The molecule has 8 nitrogen and oxygen atoms in total. The third kappa shape index (κ3) is 4.77. The van der Waals surface area contributed by atoms with Gasteiger partial charge >= 0.3 is 5.69 Å². The van der Waals surface area contributed by atoms with E-state index >= 15 is 0 Å². The predicted molar refractivity (Wildman–Crippen MR) is 90.8 cm³/mol. The Hall–Kier alpha value is -1.96. The van der Waals surface area contributed by atoms with E-state index in [4.69, 9.17) is 0 Å². The van der Waals surface area contributed by atoms with E-state index in [2.05, 4.69) is 22.2 Å². The zero-order valence-corrected chi connectivity index (χ0v) is 14.7. The van der Waals surface area contributed by atoms with Crippen LogP contribution in [0.2, 0.25) is 0 Å². The first-order valence-corrected chi connectivity index (χ1v) is 8.56. The standard InChI is InChI=1S/C16H27N5O3/c1-12-5-9-19(10-6-12)8-4-7-17-15(22)11-20-14(3)16(21(23)24)13(2)18-20/h12H,4-11H2,1-3H3,(H,17,22). The molecule has 1 amide bonds. The molecular weight excluding hydrogens is 310 g/mol. The maximum atomic E-state index is 12.0. The summed E-state index contributed by atoms with van der Waals surface area (Å²) in [6, 6.07) is 0. The van der Waals surface area contributed by atoms with Gasteiger partial charge in [0.05, 0.1) is 4.92 Å². The number of likely N-dealkylation sites (tertiary alicyclic amines) is 1. The number of nitrogens with one attached hydrogen (secondary N) is 1. The number of nitro groups is 1. The first-order chi connectivity index (χ1) is 11.4. The second-order valence-electron chi connectivity index (χ2n) is 6.66. The van der Waals surface area contributed by atoms with Gasteiger partial charge in [-0.05, 0) is 58.7 Å². The van der Waals surface area contributed by atoms with Crippen LogP contribution >= 0.6 is 0 Å². The molecule has 1 aromatic heterocycles. The Labute approximate surface area is 142 Å². The fourth-order valence-electron chi connectivity index (χ4n) is 3.11. The molecular formula is C16H27N5O3. The molecule has 0 bridgehead atoms. The quantitative estimate of drug-likeness (QED) is 0.464. The minimum absolute atomic E-state index is 0.0119. The lowest BCUT2D eigenvalue weighted by Crippen LogP contribution is -2.36. The number of rotatable bonds is 7. The molecule has 134 valence electrons. The summed E-state index contributed by atoms with van der Waals surface area (Å²) < 4.78 is 1.40. The first-order valence-electron chi connectivity index (χ1n) is 8.56. The van der Waals surface area contributed by atoms with Gasteiger partial charge in [-0.15, -0.1) is 0 Å². The summed E-state index contributed by atoms with van der Waals surface area (Å²) in [5.74, 6) is 0.661. The number of hydrogen-bond acceptors (Lipinski definition) is 5. The van der Waals surface area contributed by atoms with Crippen LogP contribution in [0.3, 0.4) is 0 Å². The van der Waals surface area contributed by atoms with Gasteiger partial charge in [-0.1, -0.05) is 6.92 Å². The Bertz CT molecular complexity index is 591. The van der Waals surface area contributed by atoms with Crippen molar-refractivity contribution in [2.75, 3.05) is 26.2 Å². The van der Waals surface area contributed by atoms with Crippen LogP contribution in [0.1, 0.15) is 37.6 Å². The van der Waals surface area contributed by atoms with Crippen LogP contribution in [0.15, 0.2) is 0 Å². The van der Waals surface area contributed by atoms with E-state index in [1.54, 1.807) is 13.8 Å². The van der Waals surface area contributed by atoms with Crippen molar-refractivity contribution in [3.05, 3.63) is 21.5 Å². The molecule has 24 heavy (non-hydrogen) atoms. The smallest absolute Gasteiger partial charge is 0.312 e. The van der Waals surface area contributed by atoms with E-state index in [0.29, 0.717) is 17.9 Å². The van der Waals surface area contributed by atoms with Crippen molar-refractivity contribution in [2.45, 2.75) is 46.6 Å². The van der Waals surface area contributed by atoms with Crippen LogP contribution in [-0.2, 0) is 11.3 Å². The zero-order valence-electron chi connectivity index (χ0n) is 14.7. The molecule has 1 fully saturated rings. The molecule has 1 aromatic rings. The van der Waals surface area contributed by atoms with Crippen LogP contribution in [0.4, 0.5) is 5.69 Å². The molecule has 0 radical (unpaired) electrons. The minimum atomic E-state index is -0.453. The van der Waals surface area contributed by atoms with E-state index < -0.39 is 4.92 Å². The molecule has 2 rings (SSSR count). The summed E-state index contributed by atoms with van der Waals surface area (Å²) in [7, 11) is 0. The number of aryl methyl sites for hydroxylation is 1. The highest BCUT2D eigenvalue weighted by atomic mass is 16.6. The van der Waals surface area contributed by atoms with Gasteiger partial charge < -0.3 is 10.2 Å². The Morgan fingerprint density at radius 3 is 2.62 bits per heavy atom. The molecule has 8 heteroatoms. The molecule has 0 atom stereocenters. The largest absolute Gasteiger partial charge is 0.354 e. The second kappa shape index (κ2) is 8.23. The van der Waals surface area contributed by atoms with Gasteiger partial charge in [-0.2, -0.15) is 5.10 Å². The van der Waals surface area contributed by atoms with Gasteiger partial charge in [-0.25, -0.2) is 0 Å². The monoisotopic (exact) mass is 337 g/mol. The summed E-state index contributed by atoms with van der Waals surface area (Å²) in [5.41, 5.74) is 0.738. The Morgan fingerprint density at radius 1 is 1.38 bits per heavy atom. The summed E-state index contributed by atoms with van der Waals surface area (Å²) >= 11 is 0. The SMILES string of the molecule is Cc1nn(CC(=O)NCCCN2CCC(C)CC2)c(C)c1[N+](=O)[O-]. The molecule has 2 heterocycles. The fourth-order valence-corrected chi connectivity index (χ4v) is 3.11. The Balaban J connectivity index is 1.72. The highest BCUT2D eigenvalue weighted by Crippen LogP contribution is 2.21. The third-order valence-electron chi connectivity index (χ3n) is 4.67. The van der Waals surface area contributed by atoms with Gasteiger partial charge in [0.2, 0.25) is 5.91 Å². The number of nitrogens with zero attached hydrogens (tertiary/aromatic N) is 4. The van der Waals surface area contributed by atoms with Crippen molar-refractivity contribution < 1.29 is 9.72 Å². The van der Waals surface area contributed by atoms with Gasteiger partial charge in [0, 0.05) is 6.54 Å². The average Bonchev–Trinajstić information content (AvgIpc) is 2.79. The highest BCUT2D eigenvalue weighted by Gasteiger charge is 2.22. The second-order valence-corrected chi connectivity index (χ2v) is 6.66. The minimum Gasteiger partial charge on any atom is -0.354 e. The number of piperidine rings is 1. The number of amides is 1. The lowest BCUT2D eigenvalue weighted by Gasteiger charge is -2.30. The Morgan fingerprint density at radius 2 is 2.04 bits per heavy atom. The maximum absolute atomic E-state index is 12.0. The van der Waals surface area contributed by atoms with Gasteiger partial charge in [-0.3, -0.25) is 19.6 Å². The molecule has 0 aliphatic carbocycles. The van der Waals surface area contributed by atoms with Crippen molar-refractivity contribution in [1.29, 1.82) is 0 Å².